The van der Waals surface area contributed by atoms with E-state index in [1.54, 1.807) is 13.8 Å². The SMILES string of the molecule is CC(C)[C@H](N)C(=O)Nc1cccc(C(F)(F)F)c1. The molecule has 3 nitrogen and oxygen atoms in total. The fraction of sp³-hybridized carbons (Fsp3) is 0.417. The number of amides is 1. The van der Waals surface area contributed by atoms with Gasteiger partial charge in [0.2, 0.25) is 5.91 Å². The number of carbonyl (C=O) groups excluding carboxylic acids is 1. The van der Waals surface area contributed by atoms with Crippen LogP contribution in [0.4, 0.5) is 18.9 Å². The minimum absolute atomic E-state index is 0.0872. The predicted octanol–water partition coefficient (Wildman–Crippen LogP) is 2.63. The van der Waals surface area contributed by atoms with Crippen LogP contribution >= 0.6 is 0 Å². The van der Waals surface area contributed by atoms with Gasteiger partial charge in [0.1, 0.15) is 0 Å². The maximum atomic E-state index is 12.5. The molecule has 0 aliphatic rings. The standard InChI is InChI=1S/C12H15F3N2O/c1-7(2)10(16)11(18)17-9-5-3-4-8(6-9)12(13,14)15/h3-7,10H,16H2,1-2H3,(H,17,18)/t10-/m0/s1. The molecule has 0 saturated heterocycles. The van der Waals surface area contributed by atoms with Crippen LogP contribution in [0.2, 0.25) is 0 Å². The lowest BCUT2D eigenvalue weighted by Gasteiger charge is -2.16. The van der Waals surface area contributed by atoms with Gasteiger partial charge in [-0.2, -0.15) is 13.2 Å². The lowest BCUT2D eigenvalue weighted by atomic mass is 10.0. The second-order valence-corrected chi connectivity index (χ2v) is 4.34. The fourth-order valence-electron chi connectivity index (χ4n) is 1.30. The molecule has 0 aromatic heterocycles. The summed E-state index contributed by atoms with van der Waals surface area (Å²) in [5.74, 6) is -0.583. The van der Waals surface area contributed by atoms with E-state index in [4.69, 9.17) is 5.73 Å². The van der Waals surface area contributed by atoms with E-state index in [0.717, 1.165) is 12.1 Å². The van der Waals surface area contributed by atoms with Gasteiger partial charge in [-0.15, -0.1) is 0 Å². The Labute approximate surface area is 103 Å². The van der Waals surface area contributed by atoms with Gasteiger partial charge in [0.05, 0.1) is 11.6 Å². The molecule has 0 bridgehead atoms. The van der Waals surface area contributed by atoms with Crippen LogP contribution in [0.25, 0.3) is 0 Å². The van der Waals surface area contributed by atoms with Crippen molar-refractivity contribution in [3.05, 3.63) is 29.8 Å². The van der Waals surface area contributed by atoms with Crippen LogP contribution in [0.1, 0.15) is 19.4 Å². The third-order valence-electron chi connectivity index (χ3n) is 2.48. The first-order valence-corrected chi connectivity index (χ1v) is 5.45. The molecule has 0 saturated carbocycles. The highest BCUT2D eigenvalue weighted by atomic mass is 19.4. The zero-order valence-electron chi connectivity index (χ0n) is 10.1. The Morgan fingerprint density at radius 3 is 2.44 bits per heavy atom. The molecule has 1 amide bonds. The summed E-state index contributed by atoms with van der Waals surface area (Å²) >= 11 is 0. The van der Waals surface area contributed by atoms with Gasteiger partial charge in [0, 0.05) is 5.69 Å². The molecule has 1 atom stereocenters. The van der Waals surface area contributed by atoms with E-state index in [-0.39, 0.29) is 11.6 Å². The topological polar surface area (TPSA) is 55.1 Å². The van der Waals surface area contributed by atoms with Crippen LogP contribution in [-0.4, -0.2) is 11.9 Å². The number of alkyl halides is 3. The average molecular weight is 260 g/mol. The quantitative estimate of drug-likeness (QED) is 0.877. The van der Waals surface area contributed by atoms with Crippen molar-refractivity contribution < 1.29 is 18.0 Å². The maximum Gasteiger partial charge on any atom is 0.416 e. The van der Waals surface area contributed by atoms with Crippen LogP contribution < -0.4 is 11.1 Å². The van der Waals surface area contributed by atoms with Gasteiger partial charge in [-0.1, -0.05) is 19.9 Å². The molecular formula is C12H15F3N2O. The van der Waals surface area contributed by atoms with Crippen LogP contribution in [0.5, 0.6) is 0 Å². The summed E-state index contributed by atoms with van der Waals surface area (Å²) in [5.41, 5.74) is 4.88. The van der Waals surface area contributed by atoms with Crippen LogP contribution in [-0.2, 0) is 11.0 Å². The Morgan fingerprint density at radius 1 is 1.33 bits per heavy atom. The molecule has 0 radical (unpaired) electrons. The first-order valence-electron chi connectivity index (χ1n) is 5.45. The summed E-state index contributed by atoms with van der Waals surface area (Å²) in [5, 5.41) is 2.37. The van der Waals surface area contributed by atoms with Gasteiger partial charge in [0.15, 0.2) is 0 Å². The van der Waals surface area contributed by atoms with Gasteiger partial charge >= 0.3 is 6.18 Å². The Hall–Kier alpha value is -1.56. The maximum absolute atomic E-state index is 12.5. The number of rotatable bonds is 3. The zero-order chi connectivity index (χ0) is 13.9. The number of halogens is 3. The van der Waals surface area contributed by atoms with Crippen molar-refractivity contribution in [1.82, 2.24) is 0 Å². The molecule has 0 heterocycles. The summed E-state index contributed by atoms with van der Waals surface area (Å²) in [4.78, 5) is 11.6. The Bertz CT molecular complexity index is 430. The predicted molar refractivity (Wildman–Crippen MR) is 62.9 cm³/mol. The summed E-state index contributed by atoms with van der Waals surface area (Å²) in [6.07, 6.45) is -4.43. The van der Waals surface area contributed by atoms with Crippen LogP contribution in [0.3, 0.4) is 0 Å². The number of anilines is 1. The number of benzene rings is 1. The third-order valence-corrected chi connectivity index (χ3v) is 2.48. The normalized spacial score (nSPS) is 13.5. The first-order chi connectivity index (χ1) is 8.21. The van der Waals surface area contributed by atoms with Crippen molar-refractivity contribution >= 4 is 11.6 Å². The number of nitrogens with two attached hydrogens (primary N) is 1. The van der Waals surface area contributed by atoms with Crippen molar-refractivity contribution in [1.29, 1.82) is 0 Å². The monoisotopic (exact) mass is 260 g/mol. The molecule has 6 heteroatoms. The Balaban J connectivity index is 2.83. The molecule has 0 fully saturated rings. The fourth-order valence-corrected chi connectivity index (χ4v) is 1.30. The highest BCUT2D eigenvalue weighted by Gasteiger charge is 2.30. The van der Waals surface area contributed by atoms with E-state index in [9.17, 15) is 18.0 Å². The molecule has 3 N–H and O–H groups in total. The van der Waals surface area contributed by atoms with Crippen LogP contribution in [0.15, 0.2) is 24.3 Å². The molecule has 100 valence electrons. The minimum Gasteiger partial charge on any atom is -0.325 e. The molecular weight excluding hydrogens is 245 g/mol. The molecule has 0 unspecified atom stereocenters. The highest BCUT2D eigenvalue weighted by molar-refractivity contribution is 5.94. The number of nitrogens with one attached hydrogen (secondary N) is 1. The van der Waals surface area contributed by atoms with E-state index in [1.165, 1.54) is 12.1 Å². The molecule has 0 aliphatic heterocycles. The van der Waals surface area contributed by atoms with E-state index in [1.807, 2.05) is 0 Å². The minimum atomic E-state index is -4.43. The molecule has 1 aromatic rings. The lowest BCUT2D eigenvalue weighted by Crippen LogP contribution is -2.39. The second kappa shape index (κ2) is 5.39. The largest absolute Gasteiger partial charge is 0.416 e. The zero-order valence-corrected chi connectivity index (χ0v) is 10.1. The molecule has 0 spiro atoms. The highest BCUT2D eigenvalue weighted by Crippen LogP contribution is 2.30. The summed E-state index contributed by atoms with van der Waals surface area (Å²) in [6.45, 7) is 3.52. The smallest absolute Gasteiger partial charge is 0.325 e. The summed E-state index contributed by atoms with van der Waals surface area (Å²) < 4.78 is 37.4. The van der Waals surface area contributed by atoms with Crippen molar-refractivity contribution in [2.24, 2.45) is 11.7 Å². The lowest BCUT2D eigenvalue weighted by molar-refractivity contribution is -0.137. The van der Waals surface area contributed by atoms with Gasteiger partial charge in [-0.25, -0.2) is 0 Å². The third kappa shape index (κ3) is 3.73. The average Bonchev–Trinajstić information content (AvgIpc) is 2.27. The number of carbonyl (C=O) groups is 1. The molecule has 18 heavy (non-hydrogen) atoms. The van der Waals surface area contributed by atoms with Crippen molar-refractivity contribution in [2.75, 3.05) is 5.32 Å². The number of hydrogen-bond donors (Lipinski definition) is 2. The van der Waals surface area contributed by atoms with E-state index in [2.05, 4.69) is 5.32 Å². The van der Waals surface area contributed by atoms with Crippen LogP contribution in [0, 0.1) is 5.92 Å². The molecule has 1 rings (SSSR count). The van der Waals surface area contributed by atoms with Crippen molar-refractivity contribution in [3.8, 4) is 0 Å². The Morgan fingerprint density at radius 2 is 1.94 bits per heavy atom. The summed E-state index contributed by atoms with van der Waals surface area (Å²) in [7, 11) is 0. The second-order valence-electron chi connectivity index (χ2n) is 4.34. The number of hydrogen-bond acceptors (Lipinski definition) is 2. The van der Waals surface area contributed by atoms with Crippen molar-refractivity contribution in [3.63, 3.8) is 0 Å². The van der Waals surface area contributed by atoms with E-state index < -0.39 is 23.7 Å². The van der Waals surface area contributed by atoms with E-state index in [0.29, 0.717) is 0 Å². The van der Waals surface area contributed by atoms with Gasteiger partial charge in [-0.3, -0.25) is 4.79 Å². The molecule has 1 aromatic carbocycles. The van der Waals surface area contributed by atoms with E-state index >= 15 is 0 Å². The molecule has 0 aliphatic carbocycles. The van der Waals surface area contributed by atoms with Crippen molar-refractivity contribution in [2.45, 2.75) is 26.1 Å². The summed E-state index contributed by atoms with van der Waals surface area (Å²) in [6, 6.07) is 3.70. The Kier molecular flexibility index (Phi) is 4.34. The van der Waals surface area contributed by atoms with Gasteiger partial charge in [-0.05, 0) is 24.1 Å². The first kappa shape index (κ1) is 14.5. The van der Waals surface area contributed by atoms with Gasteiger partial charge < -0.3 is 11.1 Å². The van der Waals surface area contributed by atoms with Gasteiger partial charge in [0.25, 0.3) is 0 Å².